The molecule has 0 unspecified atom stereocenters. The van der Waals surface area contributed by atoms with Gasteiger partial charge >= 0.3 is 0 Å². The number of hydrogen-bond donors (Lipinski definition) is 1. The van der Waals surface area contributed by atoms with Gasteiger partial charge in [-0.1, -0.05) is 91.0 Å². The maximum Gasteiger partial charge on any atom is 0.230 e. The Morgan fingerprint density at radius 1 is 0.727 bits per heavy atom. The number of amides is 2. The summed E-state index contributed by atoms with van der Waals surface area (Å²) >= 11 is 0. The molecule has 1 N–H and O–H groups in total. The Kier molecular flexibility index (Phi) is 7.56. The third kappa shape index (κ3) is 5.70. The number of piperidine rings is 1. The molecule has 0 atom stereocenters. The second-order valence-corrected chi connectivity index (χ2v) is 8.81. The van der Waals surface area contributed by atoms with E-state index in [9.17, 15) is 9.59 Å². The molecule has 1 saturated heterocycles. The van der Waals surface area contributed by atoms with Gasteiger partial charge in [0.15, 0.2) is 0 Å². The summed E-state index contributed by atoms with van der Waals surface area (Å²) in [7, 11) is 0. The molecule has 0 radical (unpaired) electrons. The van der Waals surface area contributed by atoms with Gasteiger partial charge in [-0.15, -0.1) is 0 Å². The molecule has 0 bridgehead atoms. The minimum Gasteiger partial charge on any atom is -0.355 e. The zero-order valence-corrected chi connectivity index (χ0v) is 19.1. The van der Waals surface area contributed by atoms with Crippen LogP contribution >= 0.6 is 0 Å². The van der Waals surface area contributed by atoms with Gasteiger partial charge in [-0.05, 0) is 42.4 Å². The molecule has 4 rings (SSSR count). The summed E-state index contributed by atoms with van der Waals surface area (Å²) < 4.78 is 0. The van der Waals surface area contributed by atoms with Crippen molar-refractivity contribution < 1.29 is 9.59 Å². The molecular weight excluding hydrogens is 408 g/mol. The fraction of sp³-hybridized carbons (Fsp3) is 0.310. The number of rotatable bonds is 8. The van der Waals surface area contributed by atoms with Crippen molar-refractivity contribution in [2.24, 2.45) is 0 Å². The number of hydrogen-bond acceptors (Lipinski definition) is 2. The van der Waals surface area contributed by atoms with Crippen molar-refractivity contribution in [3.8, 4) is 0 Å². The predicted octanol–water partition coefficient (Wildman–Crippen LogP) is 4.54. The number of carbonyl (C=O) groups excluding carboxylic acids is 2. The molecule has 33 heavy (non-hydrogen) atoms. The van der Waals surface area contributed by atoms with Crippen molar-refractivity contribution in [3.63, 3.8) is 0 Å². The first-order chi connectivity index (χ1) is 16.2. The summed E-state index contributed by atoms with van der Waals surface area (Å²) in [5.74, 6) is 0.242. The quantitative estimate of drug-likeness (QED) is 0.559. The van der Waals surface area contributed by atoms with Gasteiger partial charge in [0.25, 0.3) is 0 Å². The predicted molar refractivity (Wildman–Crippen MR) is 132 cm³/mol. The first kappa shape index (κ1) is 22.8. The van der Waals surface area contributed by atoms with Crippen LogP contribution in [0.5, 0.6) is 0 Å². The summed E-state index contributed by atoms with van der Waals surface area (Å²) in [4.78, 5) is 28.3. The van der Waals surface area contributed by atoms with Crippen LogP contribution in [0.2, 0.25) is 0 Å². The Balaban J connectivity index is 1.38. The molecule has 1 heterocycles. The monoisotopic (exact) mass is 440 g/mol. The minimum absolute atomic E-state index is 0.0704. The van der Waals surface area contributed by atoms with E-state index in [0.717, 1.165) is 18.4 Å². The lowest BCUT2D eigenvalue weighted by Gasteiger charge is -2.41. The number of carbonyl (C=O) groups is 2. The van der Waals surface area contributed by atoms with Gasteiger partial charge < -0.3 is 10.2 Å². The number of likely N-dealkylation sites (tertiary alicyclic amines) is 1. The molecule has 2 amide bonds. The maximum atomic E-state index is 13.5. The zero-order valence-electron chi connectivity index (χ0n) is 19.1. The third-order valence-corrected chi connectivity index (χ3v) is 6.74. The SMILES string of the molecule is O=C(CCc1ccccc1)N1CCC(C(=O)NCCc2ccccc2)(c2ccccc2)CC1. The normalized spacial score (nSPS) is 15.1. The molecule has 0 saturated carbocycles. The van der Waals surface area contributed by atoms with Crippen LogP contribution in [0.3, 0.4) is 0 Å². The second kappa shape index (κ2) is 11.0. The van der Waals surface area contributed by atoms with Crippen molar-refractivity contribution in [2.75, 3.05) is 19.6 Å². The van der Waals surface area contributed by atoms with E-state index in [1.165, 1.54) is 11.1 Å². The molecule has 0 spiro atoms. The molecule has 3 aromatic carbocycles. The smallest absolute Gasteiger partial charge is 0.230 e. The summed E-state index contributed by atoms with van der Waals surface area (Å²) in [5, 5.41) is 3.19. The molecule has 0 aromatic heterocycles. The molecule has 1 fully saturated rings. The van der Waals surface area contributed by atoms with Crippen LogP contribution in [0, 0.1) is 0 Å². The minimum atomic E-state index is -0.589. The standard InChI is InChI=1S/C29H32N2O2/c32-27(17-16-24-10-4-1-5-11-24)31-22-19-29(20-23-31,26-14-8-3-9-15-26)28(33)30-21-18-25-12-6-2-7-13-25/h1-15H,16-23H2,(H,30,33). The van der Waals surface area contributed by atoms with E-state index < -0.39 is 5.41 Å². The van der Waals surface area contributed by atoms with E-state index in [1.807, 2.05) is 71.6 Å². The van der Waals surface area contributed by atoms with E-state index in [0.29, 0.717) is 38.9 Å². The average Bonchev–Trinajstić information content (AvgIpc) is 2.89. The number of nitrogens with one attached hydrogen (secondary N) is 1. The summed E-state index contributed by atoms with van der Waals surface area (Å²) in [6.45, 7) is 1.82. The van der Waals surface area contributed by atoms with E-state index in [2.05, 4.69) is 29.6 Å². The van der Waals surface area contributed by atoms with Gasteiger partial charge in [0.05, 0.1) is 5.41 Å². The van der Waals surface area contributed by atoms with Gasteiger partial charge in [-0.2, -0.15) is 0 Å². The van der Waals surface area contributed by atoms with Crippen molar-refractivity contribution >= 4 is 11.8 Å². The topological polar surface area (TPSA) is 49.4 Å². The molecule has 1 aliphatic heterocycles. The maximum absolute atomic E-state index is 13.5. The van der Waals surface area contributed by atoms with Crippen LogP contribution in [0.25, 0.3) is 0 Å². The Morgan fingerprint density at radius 3 is 1.82 bits per heavy atom. The van der Waals surface area contributed by atoms with Gasteiger partial charge in [0, 0.05) is 26.1 Å². The van der Waals surface area contributed by atoms with Crippen LogP contribution in [0.1, 0.15) is 36.0 Å². The Bertz CT molecular complexity index is 1030. The van der Waals surface area contributed by atoms with Gasteiger partial charge in [0.2, 0.25) is 11.8 Å². The van der Waals surface area contributed by atoms with Crippen molar-refractivity contribution in [3.05, 3.63) is 108 Å². The van der Waals surface area contributed by atoms with Crippen molar-refractivity contribution in [1.82, 2.24) is 10.2 Å². The van der Waals surface area contributed by atoms with E-state index in [1.54, 1.807) is 0 Å². The molecule has 0 aliphatic carbocycles. The van der Waals surface area contributed by atoms with Crippen LogP contribution < -0.4 is 5.32 Å². The van der Waals surface area contributed by atoms with Crippen molar-refractivity contribution in [1.29, 1.82) is 0 Å². The van der Waals surface area contributed by atoms with Gasteiger partial charge in [-0.25, -0.2) is 0 Å². The molecule has 170 valence electrons. The highest BCUT2D eigenvalue weighted by molar-refractivity contribution is 5.89. The summed E-state index contributed by atoms with van der Waals surface area (Å²) in [6, 6.07) is 30.4. The lowest BCUT2D eigenvalue weighted by Crippen LogP contribution is -2.53. The Hall–Kier alpha value is -3.40. The fourth-order valence-electron chi connectivity index (χ4n) is 4.73. The molecule has 3 aromatic rings. The Morgan fingerprint density at radius 2 is 1.24 bits per heavy atom. The highest BCUT2D eigenvalue weighted by Crippen LogP contribution is 2.36. The number of nitrogens with zero attached hydrogens (tertiary/aromatic N) is 1. The summed E-state index contributed by atoms with van der Waals surface area (Å²) in [6.07, 6.45) is 3.35. The van der Waals surface area contributed by atoms with Gasteiger partial charge in [-0.3, -0.25) is 9.59 Å². The van der Waals surface area contributed by atoms with Crippen LogP contribution in [0.4, 0.5) is 0 Å². The van der Waals surface area contributed by atoms with Crippen LogP contribution in [-0.4, -0.2) is 36.3 Å². The Labute approximate surface area is 196 Å². The highest BCUT2D eigenvalue weighted by Gasteiger charge is 2.43. The molecular formula is C29H32N2O2. The van der Waals surface area contributed by atoms with Gasteiger partial charge in [0.1, 0.15) is 0 Å². The lowest BCUT2D eigenvalue weighted by molar-refractivity contribution is -0.136. The van der Waals surface area contributed by atoms with E-state index >= 15 is 0 Å². The highest BCUT2D eigenvalue weighted by atomic mass is 16.2. The zero-order chi connectivity index (χ0) is 22.9. The average molecular weight is 441 g/mol. The van der Waals surface area contributed by atoms with Crippen LogP contribution in [0.15, 0.2) is 91.0 Å². The molecule has 4 nitrogen and oxygen atoms in total. The first-order valence-corrected chi connectivity index (χ1v) is 11.9. The summed E-state index contributed by atoms with van der Waals surface area (Å²) in [5.41, 5.74) is 2.84. The number of aryl methyl sites for hydroxylation is 1. The van der Waals surface area contributed by atoms with E-state index in [4.69, 9.17) is 0 Å². The van der Waals surface area contributed by atoms with E-state index in [-0.39, 0.29) is 11.8 Å². The van der Waals surface area contributed by atoms with Crippen LogP contribution in [-0.2, 0) is 27.8 Å². The third-order valence-electron chi connectivity index (χ3n) is 6.74. The molecule has 4 heteroatoms. The second-order valence-electron chi connectivity index (χ2n) is 8.81. The van der Waals surface area contributed by atoms with Crippen molar-refractivity contribution in [2.45, 2.75) is 37.5 Å². The number of benzene rings is 3. The first-order valence-electron chi connectivity index (χ1n) is 11.9. The molecule has 1 aliphatic rings. The largest absolute Gasteiger partial charge is 0.355 e. The lowest BCUT2D eigenvalue weighted by atomic mass is 9.72. The fourth-order valence-corrected chi connectivity index (χ4v) is 4.73.